The first kappa shape index (κ1) is 20.4. The number of anilines is 2. The van der Waals surface area contributed by atoms with Crippen molar-refractivity contribution in [2.24, 2.45) is 0 Å². The summed E-state index contributed by atoms with van der Waals surface area (Å²) in [6, 6.07) is 20.6. The lowest BCUT2D eigenvalue weighted by atomic mass is 10.0. The quantitative estimate of drug-likeness (QED) is 0.477. The van der Waals surface area contributed by atoms with Crippen molar-refractivity contribution in [2.75, 3.05) is 36.5 Å². The van der Waals surface area contributed by atoms with Crippen LogP contribution in [0.3, 0.4) is 0 Å². The van der Waals surface area contributed by atoms with E-state index in [1.54, 1.807) is 12.3 Å². The minimum absolute atomic E-state index is 0.247. The van der Waals surface area contributed by atoms with Crippen LogP contribution in [0.2, 0.25) is 5.02 Å². The molecule has 0 aliphatic carbocycles. The van der Waals surface area contributed by atoms with Gasteiger partial charge >= 0.3 is 0 Å². The van der Waals surface area contributed by atoms with Crippen LogP contribution in [-0.2, 0) is 4.74 Å². The number of para-hydroxylation sites is 1. The molecule has 5 rings (SSSR count). The number of hydrogen-bond donors (Lipinski definition) is 1. The van der Waals surface area contributed by atoms with E-state index in [2.05, 4.69) is 15.2 Å². The number of morpholine rings is 1. The molecular formula is C25H21ClN4O2. The summed E-state index contributed by atoms with van der Waals surface area (Å²) in [6.07, 6.45) is 1.78. The Morgan fingerprint density at radius 2 is 1.78 bits per heavy atom. The van der Waals surface area contributed by atoms with Crippen LogP contribution in [0, 0.1) is 0 Å². The highest BCUT2D eigenvalue weighted by molar-refractivity contribution is 6.33. The monoisotopic (exact) mass is 444 g/mol. The number of hydrogen-bond acceptors (Lipinski definition) is 5. The molecule has 1 amide bonds. The molecule has 1 fully saturated rings. The van der Waals surface area contributed by atoms with Gasteiger partial charge in [0.25, 0.3) is 5.91 Å². The second kappa shape index (κ2) is 8.94. The number of benzene rings is 2. The van der Waals surface area contributed by atoms with Gasteiger partial charge in [-0.1, -0.05) is 48.0 Å². The van der Waals surface area contributed by atoms with E-state index >= 15 is 0 Å². The fourth-order valence-electron chi connectivity index (χ4n) is 3.82. The number of pyridine rings is 2. The van der Waals surface area contributed by atoms with E-state index in [1.165, 1.54) is 0 Å². The Bertz CT molecular complexity index is 1270. The number of aromatic nitrogens is 2. The average Bonchev–Trinajstić information content (AvgIpc) is 2.84. The van der Waals surface area contributed by atoms with Crippen LogP contribution in [-0.4, -0.2) is 42.2 Å². The van der Waals surface area contributed by atoms with Gasteiger partial charge in [0.15, 0.2) is 0 Å². The molecular weight excluding hydrogens is 424 g/mol. The van der Waals surface area contributed by atoms with Gasteiger partial charge in [0.1, 0.15) is 5.82 Å². The highest BCUT2D eigenvalue weighted by Crippen LogP contribution is 2.30. The van der Waals surface area contributed by atoms with Crippen LogP contribution in [0.4, 0.5) is 11.5 Å². The Morgan fingerprint density at radius 3 is 2.56 bits per heavy atom. The standard InChI is InChI=1S/C25H21ClN4O2/c26-21-7-3-1-6-19(21)23-15-20(18-5-2-4-8-22(18)28-23)25(31)29-24-10-9-17(16-27-24)30-11-13-32-14-12-30/h1-10,15-16H,11-14H2,(H,27,29,31). The van der Waals surface area contributed by atoms with Crippen LogP contribution in [0.15, 0.2) is 72.9 Å². The molecule has 0 radical (unpaired) electrons. The summed E-state index contributed by atoms with van der Waals surface area (Å²) in [5, 5.41) is 4.27. The van der Waals surface area contributed by atoms with E-state index in [-0.39, 0.29) is 5.91 Å². The lowest BCUT2D eigenvalue weighted by Crippen LogP contribution is -2.36. The number of carbonyl (C=O) groups excluding carboxylic acids is 1. The molecule has 7 heteroatoms. The second-order valence-corrected chi connectivity index (χ2v) is 7.91. The van der Waals surface area contributed by atoms with Crippen LogP contribution in [0.5, 0.6) is 0 Å². The number of rotatable bonds is 4. The van der Waals surface area contributed by atoms with Crippen LogP contribution in [0.1, 0.15) is 10.4 Å². The Hall–Kier alpha value is -3.48. The van der Waals surface area contributed by atoms with Crippen molar-refractivity contribution in [2.45, 2.75) is 0 Å². The van der Waals surface area contributed by atoms with E-state index in [1.807, 2.05) is 60.7 Å². The predicted octanol–water partition coefficient (Wildman–Crippen LogP) is 5.04. The van der Waals surface area contributed by atoms with Gasteiger partial charge < -0.3 is 15.0 Å². The molecule has 3 heterocycles. The molecule has 160 valence electrons. The predicted molar refractivity (Wildman–Crippen MR) is 127 cm³/mol. The number of nitrogens with zero attached hydrogens (tertiary/aromatic N) is 3. The van der Waals surface area contributed by atoms with Crippen molar-refractivity contribution in [3.05, 3.63) is 83.5 Å². The zero-order valence-corrected chi connectivity index (χ0v) is 18.0. The topological polar surface area (TPSA) is 67.4 Å². The maximum Gasteiger partial charge on any atom is 0.257 e. The molecule has 0 spiro atoms. The number of fused-ring (bicyclic) bond motifs is 1. The summed E-state index contributed by atoms with van der Waals surface area (Å²) in [5.41, 5.74) is 3.69. The SMILES string of the molecule is O=C(Nc1ccc(N2CCOCC2)cn1)c1cc(-c2ccccc2Cl)nc2ccccc12. The van der Waals surface area contributed by atoms with Gasteiger partial charge in [-0.05, 0) is 30.3 Å². The normalized spacial score (nSPS) is 13.8. The molecule has 1 aliphatic rings. The summed E-state index contributed by atoms with van der Waals surface area (Å²) in [7, 11) is 0. The zero-order valence-electron chi connectivity index (χ0n) is 17.3. The summed E-state index contributed by atoms with van der Waals surface area (Å²) < 4.78 is 5.40. The molecule has 4 aromatic rings. The number of ether oxygens (including phenoxy) is 1. The summed E-state index contributed by atoms with van der Waals surface area (Å²) >= 11 is 6.39. The van der Waals surface area contributed by atoms with Gasteiger partial charge in [0.2, 0.25) is 0 Å². The fourth-order valence-corrected chi connectivity index (χ4v) is 4.05. The van der Waals surface area contributed by atoms with Gasteiger partial charge in [-0.15, -0.1) is 0 Å². The molecule has 0 atom stereocenters. The number of nitrogens with one attached hydrogen (secondary N) is 1. The van der Waals surface area contributed by atoms with E-state index in [4.69, 9.17) is 21.3 Å². The maximum atomic E-state index is 13.2. The molecule has 6 nitrogen and oxygen atoms in total. The minimum Gasteiger partial charge on any atom is -0.378 e. The van der Waals surface area contributed by atoms with Crippen molar-refractivity contribution >= 4 is 39.9 Å². The van der Waals surface area contributed by atoms with Gasteiger partial charge in [0.05, 0.1) is 41.9 Å². The minimum atomic E-state index is -0.247. The molecule has 1 N–H and O–H groups in total. The maximum absolute atomic E-state index is 13.2. The smallest absolute Gasteiger partial charge is 0.257 e. The first-order valence-electron chi connectivity index (χ1n) is 10.4. The second-order valence-electron chi connectivity index (χ2n) is 7.51. The molecule has 1 saturated heterocycles. The zero-order chi connectivity index (χ0) is 21.9. The van der Waals surface area contributed by atoms with E-state index in [0.717, 1.165) is 35.2 Å². The van der Waals surface area contributed by atoms with E-state index in [0.29, 0.717) is 35.3 Å². The Morgan fingerprint density at radius 1 is 1.00 bits per heavy atom. The summed E-state index contributed by atoms with van der Waals surface area (Å²) in [4.78, 5) is 24.6. The molecule has 2 aromatic carbocycles. The highest BCUT2D eigenvalue weighted by Gasteiger charge is 2.16. The van der Waals surface area contributed by atoms with Crippen molar-refractivity contribution in [3.63, 3.8) is 0 Å². The number of amides is 1. The molecule has 32 heavy (non-hydrogen) atoms. The molecule has 0 saturated carbocycles. The van der Waals surface area contributed by atoms with Crippen LogP contribution >= 0.6 is 11.6 Å². The molecule has 1 aliphatic heterocycles. The molecule has 0 bridgehead atoms. The molecule has 2 aromatic heterocycles. The van der Waals surface area contributed by atoms with Gasteiger partial charge in [-0.2, -0.15) is 0 Å². The van der Waals surface area contributed by atoms with Gasteiger partial charge in [0, 0.05) is 29.1 Å². The average molecular weight is 445 g/mol. The Labute approximate surface area is 190 Å². The fraction of sp³-hybridized carbons (Fsp3) is 0.160. The lowest BCUT2D eigenvalue weighted by molar-refractivity contribution is 0.102. The van der Waals surface area contributed by atoms with Crippen LogP contribution in [0.25, 0.3) is 22.2 Å². The first-order valence-corrected chi connectivity index (χ1v) is 10.8. The van der Waals surface area contributed by atoms with Crippen molar-refractivity contribution < 1.29 is 9.53 Å². The van der Waals surface area contributed by atoms with Crippen molar-refractivity contribution in [3.8, 4) is 11.3 Å². The largest absolute Gasteiger partial charge is 0.378 e. The lowest BCUT2D eigenvalue weighted by Gasteiger charge is -2.28. The number of halogens is 1. The van der Waals surface area contributed by atoms with E-state index < -0.39 is 0 Å². The van der Waals surface area contributed by atoms with Gasteiger partial charge in [-0.25, -0.2) is 9.97 Å². The third-order valence-corrected chi connectivity index (χ3v) is 5.81. The van der Waals surface area contributed by atoms with Gasteiger partial charge in [-0.3, -0.25) is 4.79 Å². The third-order valence-electron chi connectivity index (χ3n) is 5.48. The Kier molecular flexibility index (Phi) is 5.71. The molecule has 0 unspecified atom stereocenters. The van der Waals surface area contributed by atoms with E-state index in [9.17, 15) is 4.79 Å². The number of carbonyl (C=O) groups is 1. The van der Waals surface area contributed by atoms with Crippen molar-refractivity contribution in [1.29, 1.82) is 0 Å². The Balaban J connectivity index is 1.46. The van der Waals surface area contributed by atoms with Crippen LogP contribution < -0.4 is 10.2 Å². The highest BCUT2D eigenvalue weighted by atomic mass is 35.5. The summed E-state index contributed by atoms with van der Waals surface area (Å²) in [5.74, 6) is 0.246. The summed E-state index contributed by atoms with van der Waals surface area (Å²) in [6.45, 7) is 3.09. The van der Waals surface area contributed by atoms with Crippen molar-refractivity contribution in [1.82, 2.24) is 9.97 Å². The first-order chi connectivity index (χ1) is 15.7. The third kappa shape index (κ3) is 4.15.